The van der Waals surface area contributed by atoms with Gasteiger partial charge in [0, 0.05) is 13.1 Å². The molecule has 2 rings (SSSR count). The van der Waals surface area contributed by atoms with Crippen LogP contribution in [0, 0.1) is 0 Å². The third-order valence-corrected chi connectivity index (χ3v) is 3.45. The Hall–Kier alpha value is -0.730. The van der Waals surface area contributed by atoms with Crippen LogP contribution in [0.4, 0.5) is 0 Å². The van der Waals surface area contributed by atoms with E-state index in [1.54, 1.807) is 18.2 Å². The fourth-order valence-electron chi connectivity index (χ4n) is 1.96. The summed E-state index contributed by atoms with van der Waals surface area (Å²) in [6, 6.07) is 5.15. The zero-order valence-electron chi connectivity index (χ0n) is 8.88. The van der Waals surface area contributed by atoms with Crippen LogP contribution < -0.4 is 0 Å². The molecule has 0 saturated carbocycles. The van der Waals surface area contributed by atoms with Crippen molar-refractivity contribution in [3.8, 4) is 0 Å². The summed E-state index contributed by atoms with van der Waals surface area (Å²) in [4.78, 5) is 14.0. The van der Waals surface area contributed by atoms with Gasteiger partial charge in [-0.05, 0) is 31.4 Å². The highest BCUT2D eigenvalue weighted by atomic mass is 35.5. The lowest BCUT2D eigenvalue weighted by Gasteiger charge is -2.27. The standard InChI is InChI=1S/C12H13Cl2NO/c13-9-5-4-6-10(14)11(9)12(16)15-7-2-1-3-8-15/h4-6H,1-3,7-8H2. The molecule has 1 amide bonds. The molecule has 1 fully saturated rings. The summed E-state index contributed by atoms with van der Waals surface area (Å²) in [5.74, 6) is -0.0460. The number of hydrogen-bond donors (Lipinski definition) is 0. The number of carbonyl (C=O) groups excluding carboxylic acids is 1. The highest BCUT2D eigenvalue weighted by Gasteiger charge is 2.22. The van der Waals surface area contributed by atoms with Gasteiger partial charge in [-0.2, -0.15) is 0 Å². The maximum atomic E-state index is 12.2. The molecule has 0 N–H and O–H groups in total. The van der Waals surface area contributed by atoms with Gasteiger partial charge >= 0.3 is 0 Å². The molecule has 2 nitrogen and oxygen atoms in total. The number of likely N-dealkylation sites (tertiary alicyclic amines) is 1. The van der Waals surface area contributed by atoms with Crippen molar-refractivity contribution in [1.82, 2.24) is 4.90 Å². The van der Waals surface area contributed by atoms with Crippen molar-refractivity contribution in [2.45, 2.75) is 19.3 Å². The van der Waals surface area contributed by atoms with E-state index < -0.39 is 0 Å². The molecule has 0 aromatic heterocycles. The van der Waals surface area contributed by atoms with Gasteiger partial charge in [0.1, 0.15) is 0 Å². The van der Waals surface area contributed by atoms with E-state index in [-0.39, 0.29) is 5.91 Å². The molecule has 1 aromatic rings. The minimum Gasteiger partial charge on any atom is -0.339 e. The van der Waals surface area contributed by atoms with Crippen LogP contribution in [0.3, 0.4) is 0 Å². The largest absolute Gasteiger partial charge is 0.339 e. The SMILES string of the molecule is O=C(c1c(Cl)cccc1Cl)N1CCCCC1. The van der Waals surface area contributed by atoms with E-state index in [0.717, 1.165) is 25.9 Å². The van der Waals surface area contributed by atoms with E-state index in [2.05, 4.69) is 0 Å². The molecular weight excluding hydrogens is 245 g/mol. The fourth-order valence-corrected chi connectivity index (χ4v) is 2.52. The van der Waals surface area contributed by atoms with Crippen molar-refractivity contribution in [1.29, 1.82) is 0 Å². The molecule has 0 atom stereocenters. The molecule has 1 aliphatic heterocycles. The van der Waals surface area contributed by atoms with Crippen molar-refractivity contribution in [2.75, 3.05) is 13.1 Å². The molecule has 0 aliphatic carbocycles. The first-order valence-electron chi connectivity index (χ1n) is 5.43. The third-order valence-electron chi connectivity index (χ3n) is 2.82. The van der Waals surface area contributed by atoms with Gasteiger partial charge in [-0.1, -0.05) is 29.3 Å². The number of rotatable bonds is 1. The Kier molecular flexibility index (Phi) is 3.72. The Morgan fingerprint density at radius 3 is 2.19 bits per heavy atom. The second-order valence-corrected chi connectivity index (χ2v) is 4.76. The van der Waals surface area contributed by atoms with Crippen LogP contribution in [-0.4, -0.2) is 23.9 Å². The van der Waals surface area contributed by atoms with E-state index in [4.69, 9.17) is 23.2 Å². The first-order chi connectivity index (χ1) is 7.70. The van der Waals surface area contributed by atoms with E-state index in [1.807, 2.05) is 4.90 Å². The summed E-state index contributed by atoms with van der Waals surface area (Å²) >= 11 is 12.0. The van der Waals surface area contributed by atoms with E-state index in [1.165, 1.54) is 6.42 Å². The van der Waals surface area contributed by atoms with Gasteiger partial charge in [-0.15, -0.1) is 0 Å². The predicted octanol–water partition coefficient (Wildman–Crippen LogP) is 3.62. The van der Waals surface area contributed by atoms with Crippen molar-refractivity contribution < 1.29 is 4.79 Å². The van der Waals surface area contributed by atoms with Crippen molar-refractivity contribution in [2.24, 2.45) is 0 Å². The number of hydrogen-bond acceptors (Lipinski definition) is 1. The summed E-state index contributed by atoms with van der Waals surface area (Å²) in [6.07, 6.45) is 3.32. The lowest BCUT2D eigenvalue weighted by Crippen LogP contribution is -2.35. The maximum Gasteiger partial charge on any atom is 0.256 e. The first-order valence-corrected chi connectivity index (χ1v) is 6.19. The Bertz CT molecular complexity index is 380. The molecule has 0 radical (unpaired) electrons. The number of benzene rings is 1. The lowest BCUT2D eigenvalue weighted by molar-refractivity contribution is 0.0724. The normalized spacial score (nSPS) is 16.2. The smallest absolute Gasteiger partial charge is 0.256 e. The average Bonchev–Trinajstić information content (AvgIpc) is 2.30. The topological polar surface area (TPSA) is 20.3 Å². The van der Waals surface area contributed by atoms with Crippen molar-refractivity contribution in [3.63, 3.8) is 0 Å². The van der Waals surface area contributed by atoms with Crippen LogP contribution in [0.2, 0.25) is 10.0 Å². The first kappa shape index (κ1) is 11.7. The maximum absolute atomic E-state index is 12.2. The van der Waals surface area contributed by atoms with Gasteiger partial charge in [0.25, 0.3) is 5.91 Å². The monoisotopic (exact) mass is 257 g/mol. The van der Waals surface area contributed by atoms with Crippen molar-refractivity contribution in [3.05, 3.63) is 33.8 Å². The predicted molar refractivity (Wildman–Crippen MR) is 66.2 cm³/mol. The van der Waals surface area contributed by atoms with Crippen LogP contribution in [0.15, 0.2) is 18.2 Å². The zero-order chi connectivity index (χ0) is 11.5. The van der Waals surface area contributed by atoms with Crippen LogP contribution in [0.1, 0.15) is 29.6 Å². The van der Waals surface area contributed by atoms with Gasteiger partial charge < -0.3 is 4.90 Å². The minimum atomic E-state index is -0.0460. The van der Waals surface area contributed by atoms with Gasteiger partial charge in [-0.3, -0.25) is 4.79 Å². The van der Waals surface area contributed by atoms with Gasteiger partial charge in [0.15, 0.2) is 0 Å². The number of nitrogens with zero attached hydrogens (tertiary/aromatic N) is 1. The van der Waals surface area contributed by atoms with Crippen LogP contribution in [0.5, 0.6) is 0 Å². The minimum absolute atomic E-state index is 0.0460. The third kappa shape index (κ3) is 2.33. The molecule has 1 saturated heterocycles. The molecule has 4 heteroatoms. The van der Waals surface area contributed by atoms with Crippen LogP contribution in [-0.2, 0) is 0 Å². The van der Waals surface area contributed by atoms with Crippen LogP contribution in [0.25, 0.3) is 0 Å². The Labute approximate surface area is 105 Å². The van der Waals surface area contributed by atoms with Crippen LogP contribution >= 0.6 is 23.2 Å². The fraction of sp³-hybridized carbons (Fsp3) is 0.417. The molecule has 86 valence electrons. The van der Waals surface area contributed by atoms with Gasteiger partial charge in [-0.25, -0.2) is 0 Å². The highest BCUT2D eigenvalue weighted by Crippen LogP contribution is 2.26. The molecule has 0 unspecified atom stereocenters. The molecule has 1 aromatic carbocycles. The number of piperidine rings is 1. The number of amides is 1. The summed E-state index contributed by atoms with van der Waals surface area (Å²) in [7, 11) is 0. The lowest BCUT2D eigenvalue weighted by atomic mass is 10.1. The molecular formula is C12H13Cl2NO. The summed E-state index contributed by atoms with van der Waals surface area (Å²) in [5.41, 5.74) is 0.438. The Morgan fingerprint density at radius 1 is 1.06 bits per heavy atom. The number of carbonyl (C=O) groups is 1. The van der Waals surface area contributed by atoms with E-state index in [9.17, 15) is 4.79 Å². The van der Waals surface area contributed by atoms with Gasteiger partial charge in [0.05, 0.1) is 15.6 Å². The molecule has 16 heavy (non-hydrogen) atoms. The number of halogens is 2. The molecule has 1 heterocycles. The zero-order valence-corrected chi connectivity index (χ0v) is 10.4. The Balaban J connectivity index is 2.26. The second kappa shape index (κ2) is 5.07. The highest BCUT2D eigenvalue weighted by molar-refractivity contribution is 6.39. The molecule has 1 aliphatic rings. The average molecular weight is 258 g/mol. The second-order valence-electron chi connectivity index (χ2n) is 3.95. The quantitative estimate of drug-likeness (QED) is 0.753. The summed E-state index contributed by atoms with van der Waals surface area (Å²) in [6.45, 7) is 1.61. The molecule has 0 spiro atoms. The summed E-state index contributed by atoms with van der Waals surface area (Å²) < 4.78 is 0. The van der Waals surface area contributed by atoms with E-state index >= 15 is 0 Å². The van der Waals surface area contributed by atoms with E-state index in [0.29, 0.717) is 15.6 Å². The Morgan fingerprint density at radius 2 is 1.62 bits per heavy atom. The van der Waals surface area contributed by atoms with Gasteiger partial charge in [0.2, 0.25) is 0 Å². The summed E-state index contributed by atoms with van der Waals surface area (Å²) in [5, 5.41) is 0.867. The molecule has 0 bridgehead atoms. The van der Waals surface area contributed by atoms with Crippen molar-refractivity contribution >= 4 is 29.1 Å².